The number of rotatable bonds is 3. The Hall–Kier alpha value is -3.35. The summed E-state index contributed by atoms with van der Waals surface area (Å²) in [7, 11) is 0. The number of amides is 2. The highest BCUT2D eigenvalue weighted by molar-refractivity contribution is 5.96. The number of furan rings is 1. The normalized spacial score (nSPS) is 16.6. The second-order valence-corrected chi connectivity index (χ2v) is 8.45. The largest absolute Gasteiger partial charge is 0.464 e. The zero-order chi connectivity index (χ0) is 21.3. The van der Waals surface area contributed by atoms with Gasteiger partial charge in [0.05, 0.1) is 12.0 Å². The third-order valence-electron chi connectivity index (χ3n) is 4.98. The van der Waals surface area contributed by atoms with Gasteiger partial charge >= 0.3 is 6.09 Å². The van der Waals surface area contributed by atoms with Crippen LogP contribution in [0.2, 0.25) is 0 Å². The first-order chi connectivity index (χ1) is 14.3. The van der Waals surface area contributed by atoms with Crippen molar-refractivity contribution in [3.05, 3.63) is 54.4 Å². The van der Waals surface area contributed by atoms with Crippen LogP contribution in [-0.4, -0.2) is 46.6 Å². The SMILES string of the molecule is CC(C)(C)OC(=O)N1CC[C@@H](NC(=O)c2ccc(-c3nccc4occc34)cc2)C1. The minimum atomic E-state index is -0.532. The molecule has 0 saturated carbocycles. The van der Waals surface area contributed by atoms with E-state index in [1.54, 1.807) is 29.5 Å². The zero-order valence-corrected chi connectivity index (χ0v) is 17.3. The highest BCUT2D eigenvalue weighted by Crippen LogP contribution is 2.27. The Labute approximate surface area is 175 Å². The van der Waals surface area contributed by atoms with Gasteiger partial charge in [0.2, 0.25) is 0 Å². The molecule has 1 aliphatic heterocycles. The summed E-state index contributed by atoms with van der Waals surface area (Å²) in [6.45, 7) is 6.54. The second-order valence-electron chi connectivity index (χ2n) is 8.45. The molecular weight excluding hydrogens is 382 g/mol. The van der Waals surface area contributed by atoms with Gasteiger partial charge in [0.1, 0.15) is 11.2 Å². The monoisotopic (exact) mass is 407 g/mol. The Bertz CT molecular complexity index is 1070. The molecule has 2 amide bonds. The maximum Gasteiger partial charge on any atom is 0.410 e. The molecule has 7 heteroatoms. The summed E-state index contributed by atoms with van der Waals surface area (Å²) >= 11 is 0. The fraction of sp³-hybridized carbons (Fsp3) is 0.348. The number of nitrogens with one attached hydrogen (secondary N) is 1. The third-order valence-corrected chi connectivity index (χ3v) is 4.98. The Morgan fingerprint density at radius 3 is 2.67 bits per heavy atom. The van der Waals surface area contributed by atoms with Crippen molar-refractivity contribution >= 4 is 23.0 Å². The van der Waals surface area contributed by atoms with Gasteiger partial charge in [0.25, 0.3) is 5.91 Å². The van der Waals surface area contributed by atoms with Crippen LogP contribution in [-0.2, 0) is 4.74 Å². The molecule has 30 heavy (non-hydrogen) atoms. The summed E-state index contributed by atoms with van der Waals surface area (Å²) in [6.07, 6.45) is 3.71. The van der Waals surface area contributed by atoms with E-state index in [0.717, 1.165) is 22.2 Å². The minimum absolute atomic E-state index is 0.0916. The molecule has 2 aromatic heterocycles. The number of carbonyl (C=O) groups excluding carboxylic acids is 2. The van der Waals surface area contributed by atoms with E-state index in [-0.39, 0.29) is 18.0 Å². The third kappa shape index (κ3) is 4.30. The van der Waals surface area contributed by atoms with Gasteiger partial charge in [-0.3, -0.25) is 9.78 Å². The summed E-state index contributed by atoms with van der Waals surface area (Å²) in [5.41, 5.74) is 2.54. The number of carbonyl (C=O) groups is 2. The molecular formula is C23H25N3O4. The van der Waals surface area contributed by atoms with Gasteiger partial charge < -0.3 is 19.4 Å². The molecule has 0 aliphatic carbocycles. The molecule has 0 radical (unpaired) electrons. The molecule has 3 aromatic rings. The molecule has 0 spiro atoms. The van der Waals surface area contributed by atoms with Gasteiger partial charge in [-0.15, -0.1) is 0 Å². The second kappa shape index (κ2) is 7.82. The van der Waals surface area contributed by atoms with Crippen molar-refractivity contribution in [2.45, 2.75) is 38.8 Å². The van der Waals surface area contributed by atoms with E-state index in [1.807, 2.05) is 45.0 Å². The molecule has 156 valence electrons. The highest BCUT2D eigenvalue weighted by atomic mass is 16.6. The van der Waals surface area contributed by atoms with E-state index < -0.39 is 5.60 Å². The predicted molar refractivity (Wildman–Crippen MR) is 113 cm³/mol. The van der Waals surface area contributed by atoms with Crippen LogP contribution >= 0.6 is 0 Å². The van der Waals surface area contributed by atoms with Crippen LogP contribution in [0.4, 0.5) is 4.79 Å². The van der Waals surface area contributed by atoms with Crippen LogP contribution < -0.4 is 5.32 Å². The minimum Gasteiger partial charge on any atom is -0.464 e. The summed E-state index contributed by atoms with van der Waals surface area (Å²) in [5, 5.41) is 3.94. The number of hydrogen-bond donors (Lipinski definition) is 1. The molecule has 4 rings (SSSR count). The van der Waals surface area contributed by atoms with E-state index in [9.17, 15) is 9.59 Å². The first-order valence-corrected chi connectivity index (χ1v) is 10.0. The van der Waals surface area contributed by atoms with Crippen LogP contribution in [0.25, 0.3) is 22.2 Å². The van der Waals surface area contributed by atoms with Crippen molar-refractivity contribution in [2.75, 3.05) is 13.1 Å². The molecule has 0 unspecified atom stereocenters. The van der Waals surface area contributed by atoms with Crippen molar-refractivity contribution in [1.82, 2.24) is 15.2 Å². The van der Waals surface area contributed by atoms with Crippen molar-refractivity contribution in [3.8, 4) is 11.3 Å². The van der Waals surface area contributed by atoms with Crippen LogP contribution in [0.1, 0.15) is 37.6 Å². The lowest BCUT2D eigenvalue weighted by atomic mass is 10.1. The van der Waals surface area contributed by atoms with E-state index >= 15 is 0 Å². The summed E-state index contributed by atoms with van der Waals surface area (Å²) in [5.74, 6) is -0.160. The molecule has 3 heterocycles. The molecule has 0 bridgehead atoms. The number of fused-ring (bicyclic) bond motifs is 1. The molecule has 1 fully saturated rings. The zero-order valence-electron chi connectivity index (χ0n) is 17.3. The quantitative estimate of drug-likeness (QED) is 0.702. The summed E-state index contributed by atoms with van der Waals surface area (Å²) in [4.78, 5) is 30.9. The van der Waals surface area contributed by atoms with Crippen molar-refractivity contribution in [3.63, 3.8) is 0 Å². The molecule has 1 aromatic carbocycles. The van der Waals surface area contributed by atoms with Gasteiger partial charge in [-0.25, -0.2) is 4.79 Å². The standard InChI is InChI=1S/C23H25N3O4/c1-23(2,3)30-22(28)26-12-9-17(14-26)25-21(27)16-6-4-15(5-7-16)20-18-10-13-29-19(18)8-11-24-20/h4-8,10-11,13,17H,9,12,14H2,1-3H3,(H,25,27)/t17-/m1/s1. The van der Waals surface area contributed by atoms with Crippen LogP contribution in [0.15, 0.2) is 53.3 Å². The number of hydrogen-bond acceptors (Lipinski definition) is 5. The van der Waals surface area contributed by atoms with Gasteiger partial charge in [0.15, 0.2) is 0 Å². The lowest BCUT2D eigenvalue weighted by Gasteiger charge is -2.24. The number of pyridine rings is 1. The average Bonchev–Trinajstić information content (AvgIpc) is 3.36. The smallest absolute Gasteiger partial charge is 0.410 e. The highest BCUT2D eigenvalue weighted by Gasteiger charge is 2.30. The predicted octanol–water partition coefficient (Wildman–Crippen LogP) is 4.23. The van der Waals surface area contributed by atoms with Crippen molar-refractivity contribution in [1.29, 1.82) is 0 Å². The molecule has 1 aliphatic rings. The lowest BCUT2D eigenvalue weighted by Crippen LogP contribution is -2.40. The molecule has 1 N–H and O–H groups in total. The fourth-order valence-corrected chi connectivity index (χ4v) is 3.54. The van der Waals surface area contributed by atoms with E-state index in [4.69, 9.17) is 9.15 Å². The van der Waals surface area contributed by atoms with Gasteiger partial charge in [0, 0.05) is 41.8 Å². The Balaban J connectivity index is 1.39. The Kier molecular flexibility index (Phi) is 5.20. The Morgan fingerprint density at radius 1 is 1.17 bits per heavy atom. The van der Waals surface area contributed by atoms with Gasteiger partial charge in [-0.2, -0.15) is 0 Å². The van der Waals surface area contributed by atoms with Gasteiger partial charge in [-0.1, -0.05) is 12.1 Å². The number of ether oxygens (including phenoxy) is 1. The number of aromatic nitrogens is 1. The van der Waals surface area contributed by atoms with Crippen LogP contribution in [0.5, 0.6) is 0 Å². The number of benzene rings is 1. The summed E-state index contributed by atoms with van der Waals surface area (Å²) < 4.78 is 10.8. The average molecular weight is 407 g/mol. The summed E-state index contributed by atoms with van der Waals surface area (Å²) in [6, 6.07) is 10.9. The number of likely N-dealkylation sites (tertiary alicyclic amines) is 1. The molecule has 7 nitrogen and oxygen atoms in total. The van der Waals surface area contributed by atoms with E-state index in [0.29, 0.717) is 25.1 Å². The fourth-order valence-electron chi connectivity index (χ4n) is 3.54. The topological polar surface area (TPSA) is 84.7 Å². The van der Waals surface area contributed by atoms with E-state index in [1.165, 1.54) is 0 Å². The van der Waals surface area contributed by atoms with Crippen LogP contribution in [0.3, 0.4) is 0 Å². The van der Waals surface area contributed by atoms with E-state index in [2.05, 4.69) is 10.3 Å². The lowest BCUT2D eigenvalue weighted by molar-refractivity contribution is 0.0290. The molecule has 1 atom stereocenters. The molecule has 1 saturated heterocycles. The first-order valence-electron chi connectivity index (χ1n) is 10.0. The maximum absolute atomic E-state index is 12.6. The van der Waals surface area contributed by atoms with Crippen LogP contribution in [0, 0.1) is 0 Å². The van der Waals surface area contributed by atoms with Crippen molar-refractivity contribution < 1.29 is 18.7 Å². The Morgan fingerprint density at radius 2 is 1.93 bits per heavy atom. The number of nitrogens with zero attached hydrogens (tertiary/aromatic N) is 2. The first kappa shape index (κ1) is 19.9. The van der Waals surface area contributed by atoms with Crippen molar-refractivity contribution in [2.24, 2.45) is 0 Å². The van der Waals surface area contributed by atoms with Gasteiger partial charge in [-0.05, 0) is 51.5 Å². The maximum atomic E-state index is 12.6.